The molecule has 0 unspecified atom stereocenters. The highest BCUT2D eigenvalue weighted by atomic mass is 28.4. The number of aliphatic hydroxyl groups excluding tert-OH is 1. The van der Waals surface area contributed by atoms with E-state index in [0.29, 0.717) is 29.0 Å². The van der Waals surface area contributed by atoms with Crippen LogP contribution in [-0.2, 0) is 19.9 Å². The maximum atomic E-state index is 13.6. The van der Waals surface area contributed by atoms with Crippen LogP contribution in [0.25, 0.3) is 0 Å². The molecule has 2 aromatic rings. The van der Waals surface area contributed by atoms with Crippen LogP contribution in [0, 0.1) is 5.92 Å². The molecular weight excluding hydrogens is 502 g/mol. The predicted molar refractivity (Wildman–Crippen MR) is 145 cm³/mol. The predicted octanol–water partition coefficient (Wildman–Crippen LogP) is 3.06. The first-order valence-electron chi connectivity index (χ1n) is 13.2. The maximum absolute atomic E-state index is 13.6. The van der Waals surface area contributed by atoms with Gasteiger partial charge in [0.15, 0.2) is 13.9 Å². The molecule has 3 aliphatic heterocycles. The molecule has 3 amide bonds. The van der Waals surface area contributed by atoms with E-state index >= 15 is 0 Å². The lowest BCUT2D eigenvalue weighted by molar-refractivity contribution is -0.148. The van der Waals surface area contributed by atoms with Gasteiger partial charge >= 0.3 is 0 Å². The van der Waals surface area contributed by atoms with E-state index in [-0.39, 0.29) is 42.3 Å². The van der Waals surface area contributed by atoms with Crippen molar-refractivity contribution >= 4 is 37.4 Å². The van der Waals surface area contributed by atoms with Crippen LogP contribution >= 0.6 is 0 Å². The summed E-state index contributed by atoms with van der Waals surface area (Å²) in [6, 6.07) is 13.9. The van der Waals surface area contributed by atoms with Gasteiger partial charge in [-0.05, 0) is 56.3 Å². The zero-order chi connectivity index (χ0) is 27.2. The first kappa shape index (κ1) is 26.5. The molecule has 38 heavy (non-hydrogen) atoms. The van der Waals surface area contributed by atoms with Crippen molar-refractivity contribution in [1.29, 1.82) is 0 Å². The van der Waals surface area contributed by atoms with E-state index in [1.165, 1.54) is 0 Å². The minimum atomic E-state index is -2.91. The molecule has 202 valence electrons. The second-order valence-corrected chi connectivity index (χ2v) is 15.1. The Bertz CT molecular complexity index is 1250. The molecule has 0 aromatic heterocycles. The summed E-state index contributed by atoms with van der Waals surface area (Å²) in [6.07, 6.45) is 0.950. The average Bonchev–Trinajstić information content (AvgIpc) is 3.55. The summed E-state index contributed by atoms with van der Waals surface area (Å²) in [7, 11) is -2.91. The van der Waals surface area contributed by atoms with E-state index < -0.39 is 25.9 Å². The van der Waals surface area contributed by atoms with Gasteiger partial charge in [-0.15, -0.1) is 0 Å². The summed E-state index contributed by atoms with van der Waals surface area (Å²) in [5, 5.41) is 15.5. The zero-order valence-electron chi connectivity index (χ0n) is 21.9. The number of carbonyl (C=O) groups is 3. The summed E-state index contributed by atoms with van der Waals surface area (Å²) >= 11 is 0. The molecule has 5 atom stereocenters. The van der Waals surface area contributed by atoms with Gasteiger partial charge in [-0.2, -0.15) is 0 Å². The molecule has 0 aliphatic carbocycles. The van der Waals surface area contributed by atoms with Crippen molar-refractivity contribution in [3.05, 3.63) is 59.7 Å². The van der Waals surface area contributed by atoms with Crippen molar-refractivity contribution in [1.82, 2.24) is 4.90 Å². The number of likely N-dealkylation sites (tertiary alicyclic amines) is 1. The Hall–Kier alpha value is -3.05. The minimum Gasteiger partial charge on any atom is -0.432 e. The van der Waals surface area contributed by atoms with Crippen molar-refractivity contribution in [3.63, 3.8) is 0 Å². The van der Waals surface area contributed by atoms with Crippen LogP contribution in [0.15, 0.2) is 48.5 Å². The quantitative estimate of drug-likeness (QED) is 0.420. The molecule has 1 spiro atoms. The van der Waals surface area contributed by atoms with Gasteiger partial charge in [-0.1, -0.05) is 25.1 Å². The zero-order valence-corrected chi connectivity index (χ0v) is 22.9. The molecule has 2 fully saturated rings. The van der Waals surface area contributed by atoms with Crippen molar-refractivity contribution in [2.45, 2.75) is 62.6 Å². The summed E-state index contributed by atoms with van der Waals surface area (Å²) in [5.74, 6) is -1.16. The second-order valence-electron chi connectivity index (χ2n) is 11.2. The Morgan fingerprint density at radius 3 is 2.63 bits per heavy atom. The van der Waals surface area contributed by atoms with Crippen molar-refractivity contribution < 1.29 is 29.0 Å². The van der Waals surface area contributed by atoms with Crippen LogP contribution in [0.3, 0.4) is 0 Å². The third-order valence-electron chi connectivity index (χ3n) is 8.32. The average molecular weight is 538 g/mol. The molecule has 2 aromatic carbocycles. The maximum Gasteiger partial charge on any atom is 0.261 e. The number of fused-ring (bicyclic) bond motifs is 2. The Kier molecular flexibility index (Phi) is 6.93. The highest BCUT2D eigenvalue weighted by Crippen LogP contribution is 2.58. The first-order valence-corrected chi connectivity index (χ1v) is 16.2. The summed E-state index contributed by atoms with van der Waals surface area (Å²) in [4.78, 5) is 52.7. The highest BCUT2D eigenvalue weighted by Gasteiger charge is 2.65. The topological polar surface area (TPSA) is 128 Å². The van der Waals surface area contributed by atoms with Crippen LogP contribution in [0.1, 0.15) is 42.1 Å². The van der Waals surface area contributed by atoms with Gasteiger partial charge in [-0.25, -0.2) is 0 Å². The molecule has 0 radical (unpaired) electrons. The lowest BCUT2D eigenvalue weighted by Gasteiger charge is -2.32. The number of anilines is 2. The van der Waals surface area contributed by atoms with Crippen molar-refractivity contribution in [2.75, 3.05) is 23.8 Å². The van der Waals surface area contributed by atoms with Crippen LogP contribution in [0.4, 0.5) is 11.4 Å². The third-order valence-corrected chi connectivity index (χ3v) is 10.8. The van der Waals surface area contributed by atoms with E-state index in [0.717, 1.165) is 12.8 Å². The SMILES string of the molecule is C[C@@H]1[C@@H]([Si](C)(C)O)[C@H](CC(=O)N2CCC[C@H]2CO)O[C@@]12C(=O)Nc1ccc(NC(=O)c3ccccc3)cc12. The number of rotatable bonds is 6. The standard InChI is InChI=1S/C28H35N3O6Si/c1-17-25(38(2,3)36)23(15-24(33)31-13-7-10-20(31)16-32)37-28(17)21-14-19(11-12-22(21)30-27(28)35)29-26(34)18-8-5-4-6-9-18/h4-6,8-9,11-12,14,17,20,23,25,32,36H,7,10,13,15-16H2,1-3H3,(H,29,34)(H,30,35)/t17-,20+,23+,25-,28+/m1/s1. The fourth-order valence-corrected chi connectivity index (χ4v) is 9.16. The van der Waals surface area contributed by atoms with Gasteiger partial charge in [0.2, 0.25) is 5.91 Å². The van der Waals surface area contributed by atoms with Gasteiger partial charge in [0.25, 0.3) is 11.8 Å². The molecule has 0 bridgehead atoms. The van der Waals surface area contributed by atoms with Crippen LogP contribution < -0.4 is 10.6 Å². The molecule has 3 aliphatic rings. The molecule has 3 heterocycles. The minimum absolute atomic E-state index is 0.0251. The highest BCUT2D eigenvalue weighted by molar-refractivity contribution is 6.71. The number of amides is 3. The van der Waals surface area contributed by atoms with E-state index in [9.17, 15) is 24.3 Å². The van der Waals surface area contributed by atoms with Gasteiger partial charge < -0.3 is 30.2 Å². The number of nitrogens with zero attached hydrogens (tertiary/aromatic N) is 1. The molecular formula is C28H35N3O6Si. The van der Waals surface area contributed by atoms with Crippen molar-refractivity contribution in [3.8, 4) is 0 Å². The van der Waals surface area contributed by atoms with Crippen molar-refractivity contribution in [2.24, 2.45) is 5.92 Å². The van der Waals surface area contributed by atoms with Gasteiger partial charge in [0.05, 0.1) is 25.2 Å². The van der Waals surface area contributed by atoms with E-state index in [1.54, 1.807) is 47.4 Å². The Morgan fingerprint density at radius 1 is 1.21 bits per heavy atom. The number of aliphatic hydroxyl groups is 1. The van der Waals surface area contributed by atoms with Gasteiger partial charge in [-0.3, -0.25) is 14.4 Å². The molecule has 5 rings (SSSR count). The van der Waals surface area contributed by atoms with Crippen LogP contribution in [0.5, 0.6) is 0 Å². The molecule has 9 nitrogen and oxygen atoms in total. The number of ether oxygens (including phenoxy) is 1. The Balaban J connectivity index is 1.47. The molecule has 2 saturated heterocycles. The van der Waals surface area contributed by atoms with Crippen LogP contribution in [0.2, 0.25) is 18.6 Å². The first-order chi connectivity index (χ1) is 18.1. The second kappa shape index (κ2) is 9.92. The number of hydrogen-bond donors (Lipinski definition) is 4. The summed E-state index contributed by atoms with van der Waals surface area (Å²) in [6.45, 7) is 6.01. The smallest absolute Gasteiger partial charge is 0.261 e. The van der Waals surface area contributed by atoms with Crippen LogP contribution in [-0.4, -0.2) is 66.1 Å². The van der Waals surface area contributed by atoms with Gasteiger partial charge in [0.1, 0.15) is 0 Å². The number of carbonyl (C=O) groups excluding carboxylic acids is 3. The van der Waals surface area contributed by atoms with E-state index in [2.05, 4.69) is 10.6 Å². The lowest BCUT2D eigenvalue weighted by atomic mass is 9.82. The molecule has 0 saturated carbocycles. The monoisotopic (exact) mass is 537 g/mol. The molecule has 4 N–H and O–H groups in total. The fraction of sp³-hybridized carbons (Fsp3) is 0.464. The Labute approximate surface area is 223 Å². The fourth-order valence-electron chi connectivity index (χ4n) is 6.61. The van der Waals surface area contributed by atoms with E-state index in [1.807, 2.05) is 26.1 Å². The Morgan fingerprint density at radius 2 is 1.95 bits per heavy atom. The third kappa shape index (κ3) is 4.45. The number of nitrogens with one attached hydrogen (secondary N) is 2. The largest absolute Gasteiger partial charge is 0.432 e. The number of benzene rings is 2. The molecule has 10 heteroatoms. The van der Waals surface area contributed by atoms with E-state index in [4.69, 9.17) is 4.74 Å². The number of hydrogen-bond acceptors (Lipinski definition) is 6. The van der Waals surface area contributed by atoms with Gasteiger partial charge in [0, 0.05) is 40.5 Å². The lowest BCUT2D eigenvalue weighted by Crippen LogP contribution is -2.44. The summed E-state index contributed by atoms with van der Waals surface area (Å²) in [5.41, 5.74) is 0.421. The summed E-state index contributed by atoms with van der Waals surface area (Å²) < 4.78 is 6.58. The normalized spacial score (nSPS) is 28.4.